The molecule has 1 N–H and O–H groups in total. The van der Waals surface area contributed by atoms with E-state index in [9.17, 15) is 13.6 Å². The number of sulfone groups is 1. The molecule has 4 nitrogen and oxygen atoms in total. The number of hydrogen-bond donors (Lipinski definition) is 1. The Morgan fingerprint density at radius 3 is 2.43 bits per heavy atom. The van der Waals surface area contributed by atoms with E-state index in [1.54, 1.807) is 36.4 Å². The third-order valence-corrected chi connectivity index (χ3v) is 5.78. The van der Waals surface area contributed by atoms with Crippen molar-refractivity contribution >= 4 is 38.4 Å². The monoisotopic (exact) mass is 347 g/mol. The molecule has 0 aliphatic rings. The fourth-order valence-corrected chi connectivity index (χ4v) is 4.34. The maximum Gasteiger partial charge on any atom is 0.209 e. The van der Waals surface area contributed by atoms with Crippen molar-refractivity contribution in [1.82, 2.24) is 4.73 Å². The largest absolute Gasteiger partial charge is 0.428 e. The average molecular weight is 348 g/mol. The summed E-state index contributed by atoms with van der Waals surface area (Å²) < 4.78 is 26.9. The van der Waals surface area contributed by atoms with Crippen LogP contribution in [0.2, 0.25) is 5.02 Å². The molecule has 0 aliphatic carbocycles. The molecule has 0 saturated carbocycles. The van der Waals surface area contributed by atoms with Gasteiger partial charge in [0.05, 0.1) is 16.1 Å². The minimum absolute atomic E-state index is 0.00338. The molecule has 23 heavy (non-hydrogen) atoms. The standard InChI is InChI=1S/C17H14ClNO3S/c1-3-15-17(14-10-12(18)6-9-16(14)19(15)20)23(21,22)13-7-4-11(2)5-8-13/h3-10,20H,1H2,2H3. The molecular formula is C17H14ClNO3S. The Morgan fingerprint density at radius 1 is 1.17 bits per heavy atom. The van der Waals surface area contributed by atoms with Crippen LogP contribution in [-0.2, 0) is 9.84 Å². The molecular weight excluding hydrogens is 334 g/mol. The molecule has 1 heterocycles. The summed E-state index contributed by atoms with van der Waals surface area (Å²) in [5, 5.41) is 11.0. The van der Waals surface area contributed by atoms with E-state index < -0.39 is 9.84 Å². The van der Waals surface area contributed by atoms with Crippen LogP contribution in [0.15, 0.2) is 58.8 Å². The van der Waals surface area contributed by atoms with Crippen molar-refractivity contribution in [2.75, 3.05) is 0 Å². The van der Waals surface area contributed by atoms with Gasteiger partial charge in [0, 0.05) is 10.4 Å². The normalized spacial score (nSPS) is 11.7. The number of aryl methyl sites for hydroxylation is 1. The van der Waals surface area contributed by atoms with Crippen LogP contribution in [-0.4, -0.2) is 18.4 Å². The third kappa shape index (κ3) is 2.42. The minimum Gasteiger partial charge on any atom is -0.428 e. The molecule has 0 fully saturated rings. The first kappa shape index (κ1) is 15.6. The average Bonchev–Trinajstić information content (AvgIpc) is 2.80. The second-order valence-electron chi connectivity index (χ2n) is 5.21. The Hall–Kier alpha value is -2.24. The molecule has 1 aromatic heterocycles. The van der Waals surface area contributed by atoms with Gasteiger partial charge in [-0.1, -0.05) is 35.9 Å². The van der Waals surface area contributed by atoms with Crippen LogP contribution in [0.3, 0.4) is 0 Å². The fraction of sp³-hybridized carbons (Fsp3) is 0.0588. The Kier molecular flexibility index (Phi) is 3.70. The SMILES string of the molecule is C=Cc1c(S(=O)(=O)c2ccc(C)cc2)c2cc(Cl)ccc2n1O. The summed E-state index contributed by atoms with van der Waals surface area (Å²) in [6.07, 6.45) is 1.31. The Bertz CT molecular complexity index is 1020. The second-order valence-corrected chi connectivity index (χ2v) is 7.53. The summed E-state index contributed by atoms with van der Waals surface area (Å²) in [4.78, 5) is 0.148. The zero-order valence-corrected chi connectivity index (χ0v) is 13.9. The lowest BCUT2D eigenvalue weighted by Crippen LogP contribution is -2.04. The van der Waals surface area contributed by atoms with Crippen molar-refractivity contribution < 1.29 is 13.6 Å². The minimum atomic E-state index is -3.83. The predicted molar refractivity (Wildman–Crippen MR) is 90.9 cm³/mol. The number of fused-ring (bicyclic) bond motifs is 1. The van der Waals surface area contributed by atoms with Gasteiger partial charge in [-0.2, -0.15) is 4.73 Å². The number of hydrogen-bond acceptors (Lipinski definition) is 3. The number of aromatic nitrogens is 1. The second kappa shape index (κ2) is 5.44. The first-order chi connectivity index (χ1) is 10.9. The third-order valence-electron chi connectivity index (χ3n) is 3.69. The molecule has 0 radical (unpaired) electrons. The van der Waals surface area contributed by atoms with Gasteiger partial charge in [-0.05, 0) is 43.3 Å². The van der Waals surface area contributed by atoms with Gasteiger partial charge in [0.2, 0.25) is 9.84 Å². The van der Waals surface area contributed by atoms with Crippen LogP contribution < -0.4 is 0 Å². The number of nitrogens with zero attached hydrogens (tertiary/aromatic N) is 1. The van der Waals surface area contributed by atoms with Crippen LogP contribution in [0.5, 0.6) is 0 Å². The highest BCUT2D eigenvalue weighted by Crippen LogP contribution is 2.35. The van der Waals surface area contributed by atoms with Gasteiger partial charge in [-0.3, -0.25) is 0 Å². The molecule has 0 amide bonds. The van der Waals surface area contributed by atoms with E-state index in [0.717, 1.165) is 10.3 Å². The lowest BCUT2D eigenvalue weighted by atomic mass is 10.2. The quantitative estimate of drug-likeness (QED) is 0.718. The molecule has 6 heteroatoms. The molecule has 3 aromatic rings. The molecule has 0 aliphatic heterocycles. The summed E-state index contributed by atoms with van der Waals surface area (Å²) in [7, 11) is -3.83. The highest BCUT2D eigenvalue weighted by molar-refractivity contribution is 7.91. The van der Waals surface area contributed by atoms with Crippen LogP contribution >= 0.6 is 11.6 Å². The van der Waals surface area contributed by atoms with E-state index in [2.05, 4.69) is 6.58 Å². The first-order valence-electron chi connectivity index (χ1n) is 6.83. The highest BCUT2D eigenvalue weighted by atomic mass is 35.5. The lowest BCUT2D eigenvalue weighted by Gasteiger charge is -2.06. The van der Waals surface area contributed by atoms with E-state index in [-0.39, 0.29) is 15.5 Å². The maximum atomic E-state index is 13.0. The van der Waals surface area contributed by atoms with Gasteiger partial charge < -0.3 is 5.21 Å². The van der Waals surface area contributed by atoms with E-state index >= 15 is 0 Å². The Labute approximate surface area is 139 Å². The smallest absolute Gasteiger partial charge is 0.209 e. The molecule has 0 unspecified atom stereocenters. The van der Waals surface area contributed by atoms with E-state index in [4.69, 9.17) is 11.6 Å². The van der Waals surface area contributed by atoms with Gasteiger partial charge in [0.1, 0.15) is 4.90 Å². The van der Waals surface area contributed by atoms with Crippen LogP contribution in [0, 0.1) is 6.92 Å². The van der Waals surface area contributed by atoms with Gasteiger partial charge in [0.25, 0.3) is 0 Å². The van der Waals surface area contributed by atoms with Crippen molar-refractivity contribution in [2.24, 2.45) is 0 Å². The lowest BCUT2D eigenvalue weighted by molar-refractivity contribution is 0.196. The van der Waals surface area contributed by atoms with Gasteiger partial charge in [-0.15, -0.1) is 0 Å². The van der Waals surface area contributed by atoms with Crippen molar-refractivity contribution in [3.8, 4) is 0 Å². The molecule has 3 rings (SSSR count). The van der Waals surface area contributed by atoms with Crippen LogP contribution in [0.1, 0.15) is 11.3 Å². The summed E-state index contributed by atoms with van der Waals surface area (Å²) in [5.74, 6) is 0. The van der Waals surface area contributed by atoms with E-state index in [0.29, 0.717) is 15.9 Å². The van der Waals surface area contributed by atoms with Crippen molar-refractivity contribution in [2.45, 2.75) is 16.7 Å². The number of halogens is 1. The van der Waals surface area contributed by atoms with Crippen LogP contribution in [0.25, 0.3) is 17.0 Å². The van der Waals surface area contributed by atoms with Gasteiger partial charge in [-0.25, -0.2) is 8.42 Å². The van der Waals surface area contributed by atoms with E-state index in [1.165, 1.54) is 12.1 Å². The summed E-state index contributed by atoms with van der Waals surface area (Å²) in [5.41, 5.74) is 1.43. The first-order valence-corrected chi connectivity index (χ1v) is 8.70. The predicted octanol–water partition coefficient (Wildman–Crippen LogP) is 4.32. The fourth-order valence-electron chi connectivity index (χ4n) is 2.54. The zero-order chi connectivity index (χ0) is 16.8. The Morgan fingerprint density at radius 2 is 1.83 bits per heavy atom. The topological polar surface area (TPSA) is 59.3 Å². The number of benzene rings is 2. The van der Waals surface area contributed by atoms with Crippen molar-refractivity contribution in [3.05, 3.63) is 65.3 Å². The highest BCUT2D eigenvalue weighted by Gasteiger charge is 2.28. The molecule has 118 valence electrons. The van der Waals surface area contributed by atoms with Crippen molar-refractivity contribution in [1.29, 1.82) is 0 Å². The van der Waals surface area contributed by atoms with E-state index in [1.807, 2.05) is 6.92 Å². The summed E-state index contributed by atoms with van der Waals surface area (Å²) in [6, 6.07) is 11.2. The molecule has 0 saturated heterocycles. The van der Waals surface area contributed by atoms with Crippen molar-refractivity contribution in [3.63, 3.8) is 0 Å². The molecule has 0 spiro atoms. The molecule has 0 bridgehead atoms. The molecule has 2 aromatic carbocycles. The van der Waals surface area contributed by atoms with Gasteiger partial charge >= 0.3 is 0 Å². The number of rotatable bonds is 3. The maximum absolute atomic E-state index is 13.0. The Balaban J connectivity index is 2.40. The summed E-state index contributed by atoms with van der Waals surface area (Å²) in [6.45, 7) is 5.49. The molecule has 0 atom stereocenters. The van der Waals surface area contributed by atoms with Crippen LogP contribution in [0.4, 0.5) is 0 Å². The van der Waals surface area contributed by atoms with Gasteiger partial charge in [0.15, 0.2) is 0 Å². The summed E-state index contributed by atoms with van der Waals surface area (Å²) >= 11 is 6.00. The zero-order valence-electron chi connectivity index (χ0n) is 12.3.